The predicted octanol–water partition coefficient (Wildman–Crippen LogP) is 4.05. The van der Waals surface area contributed by atoms with Gasteiger partial charge in [-0.05, 0) is 49.7 Å². The minimum atomic E-state index is -0.603. The first-order chi connectivity index (χ1) is 9.54. The highest BCUT2D eigenvalue weighted by Gasteiger charge is 2.14. The predicted molar refractivity (Wildman–Crippen MR) is 81.4 cm³/mol. The van der Waals surface area contributed by atoms with Crippen molar-refractivity contribution in [1.29, 1.82) is 0 Å². The van der Waals surface area contributed by atoms with Gasteiger partial charge >= 0.3 is 0 Å². The molecule has 2 rings (SSSR count). The highest BCUT2D eigenvalue weighted by Crippen LogP contribution is 2.19. The lowest BCUT2D eigenvalue weighted by atomic mass is 10.2. The molecule has 20 heavy (non-hydrogen) atoms. The van der Waals surface area contributed by atoms with Crippen molar-refractivity contribution in [2.75, 3.05) is 5.32 Å². The summed E-state index contributed by atoms with van der Waals surface area (Å²) >= 11 is 5.87. The molecule has 1 N–H and O–H groups in total. The summed E-state index contributed by atoms with van der Waals surface area (Å²) in [6, 6.07) is 14.6. The van der Waals surface area contributed by atoms with Gasteiger partial charge in [-0.2, -0.15) is 0 Å². The van der Waals surface area contributed by atoms with Gasteiger partial charge in [0.1, 0.15) is 5.75 Å². The van der Waals surface area contributed by atoms with Crippen LogP contribution in [0.15, 0.2) is 48.5 Å². The highest BCUT2D eigenvalue weighted by molar-refractivity contribution is 6.30. The lowest BCUT2D eigenvalue weighted by Crippen LogP contribution is -2.30. The maximum Gasteiger partial charge on any atom is 0.265 e. The zero-order valence-corrected chi connectivity index (χ0v) is 12.1. The summed E-state index contributed by atoms with van der Waals surface area (Å²) in [6.45, 7) is 3.67. The normalized spacial score (nSPS) is 11.8. The fourth-order valence-electron chi connectivity index (χ4n) is 1.76. The molecule has 2 aromatic rings. The third-order valence-electron chi connectivity index (χ3n) is 2.76. The molecule has 0 saturated heterocycles. The van der Waals surface area contributed by atoms with Gasteiger partial charge in [0, 0.05) is 10.7 Å². The van der Waals surface area contributed by atoms with Gasteiger partial charge in [-0.25, -0.2) is 0 Å². The first kappa shape index (κ1) is 14.4. The number of aryl methyl sites for hydroxylation is 1. The number of carbonyl (C=O) groups is 1. The minimum Gasteiger partial charge on any atom is -0.481 e. The minimum absolute atomic E-state index is 0.199. The molecule has 0 spiro atoms. The van der Waals surface area contributed by atoms with Gasteiger partial charge in [-0.15, -0.1) is 0 Å². The molecule has 0 aromatic heterocycles. The summed E-state index contributed by atoms with van der Waals surface area (Å²) in [4.78, 5) is 12.0. The number of nitrogens with one attached hydrogen (secondary N) is 1. The number of amides is 1. The lowest BCUT2D eigenvalue weighted by molar-refractivity contribution is -0.122. The van der Waals surface area contributed by atoms with Crippen molar-refractivity contribution < 1.29 is 9.53 Å². The van der Waals surface area contributed by atoms with Gasteiger partial charge in [0.15, 0.2) is 6.10 Å². The first-order valence-corrected chi connectivity index (χ1v) is 6.72. The number of carbonyl (C=O) groups excluding carboxylic acids is 1. The van der Waals surface area contributed by atoms with Gasteiger partial charge in [-0.1, -0.05) is 29.8 Å². The summed E-state index contributed by atoms with van der Waals surface area (Å²) in [5, 5.41) is 3.40. The first-order valence-electron chi connectivity index (χ1n) is 6.34. The molecule has 1 amide bonds. The largest absolute Gasteiger partial charge is 0.481 e. The van der Waals surface area contributed by atoms with Crippen LogP contribution in [0.5, 0.6) is 5.75 Å². The topological polar surface area (TPSA) is 38.3 Å². The molecule has 0 saturated carbocycles. The summed E-state index contributed by atoms with van der Waals surface area (Å²) in [5.74, 6) is 0.375. The molecule has 2 aromatic carbocycles. The van der Waals surface area contributed by atoms with Crippen LogP contribution in [0.1, 0.15) is 12.5 Å². The summed E-state index contributed by atoms with van der Waals surface area (Å²) in [5.41, 5.74) is 1.85. The van der Waals surface area contributed by atoms with Crippen LogP contribution in [0.3, 0.4) is 0 Å². The van der Waals surface area contributed by atoms with Gasteiger partial charge in [-0.3, -0.25) is 4.79 Å². The van der Waals surface area contributed by atoms with Crippen molar-refractivity contribution in [3.63, 3.8) is 0 Å². The molecular weight excluding hydrogens is 274 g/mol. The summed E-state index contributed by atoms with van der Waals surface area (Å²) in [7, 11) is 0. The summed E-state index contributed by atoms with van der Waals surface area (Å²) in [6.07, 6.45) is -0.603. The zero-order chi connectivity index (χ0) is 14.5. The molecule has 0 fully saturated rings. The van der Waals surface area contributed by atoms with E-state index in [1.54, 1.807) is 31.2 Å². The molecule has 0 heterocycles. The summed E-state index contributed by atoms with van der Waals surface area (Å²) < 4.78 is 5.56. The molecule has 4 heteroatoms. The molecule has 104 valence electrons. The van der Waals surface area contributed by atoms with E-state index in [-0.39, 0.29) is 5.91 Å². The Kier molecular flexibility index (Phi) is 4.64. The molecule has 3 nitrogen and oxygen atoms in total. The van der Waals surface area contributed by atoms with E-state index in [1.165, 1.54) is 0 Å². The van der Waals surface area contributed by atoms with E-state index >= 15 is 0 Å². The Balaban J connectivity index is 1.98. The van der Waals surface area contributed by atoms with Crippen LogP contribution >= 0.6 is 11.6 Å². The van der Waals surface area contributed by atoms with Gasteiger partial charge in [0.2, 0.25) is 0 Å². The average Bonchev–Trinajstić information content (AvgIpc) is 2.38. The monoisotopic (exact) mass is 289 g/mol. The van der Waals surface area contributed by atoms with Gasteiger partial charge in [0.05, 0.1) is 0 Å². The molecular formula is C16H16ClNO2. The number of anilines is 1. The maximum absolute atomic E-state index is 12.0. The van der Waals surface area contributed by atoms with Crippen molar-refractivity contribution in [2.24, 2.45) is 0 Å². The van der Waals surface area contributed by atoms with E-state index in [2.05, 4.69) is 5.32 Å². The van der Waals surface area contributed by atoms with Crippen LogP contribution in [-0.2, 0) is 4.79 Å². The van der Waals surface area contributed by atoms with Crippen LogP contribution in [-0.4, -0.2) is 12.0 Å². The third kappa shape index (κ3) is 4.00. The number of hydrogen-bond acceptors (Lipinski definition) is 2. The Hall–Kier alpha value is -2.00. The Morgan fingerprint density at radius 3 is 2.65 bits per heavy atom. The molecule has 1 atom stereocenters. The molecule has 0 radical (unpaired) electrons. The van der Waals surface area contributed by atoms with Crippen molar-refractivity contribution in [2.45, 2.75) is 20.0 Å². The maximum atomic E-state index is 12.0. The Labute approximate surface area is 123 Å². The lowest BCUT2D eigenvalue weighted by Gasteiger charge is -2.15. The quantitative estimate of drug-likeness (QED) is 0.922. The molecule has 0 bridgehead atoms. The molecule has 0 aliphatic heterocycles. The second-order valence-electron chi connectivity index (χ2n) is 4.58. The third-order valence-corrected chi connectivity index (χ3v) is 3.00. The van der Waals surface area contributed by atoms with E-state index in [0.717, 1.165) is 11.3 Å². The van der Waals surface area contributed by atoms with Crippen LogP contribution in [0.4, 0.5) is 5.69 Å². The van der Waals surface area contributed by atoms with Crippen molar-refractivity contribution >= 4 is 23.2 Å². The molecule has 0 aliphatic rings. The standard InChI is InChI=1S/C16H16ClNO2/c1-11-5-3-7-14(9-11)18-16(19)12(2)20-15-8-4-6-13(17)10-15/h3-10,12H,1-2H3,(H,18,19)/t12-/m1/s1. The van der Waals surface area contributed by atoms with Crippen molar-refractivity contribution in [3.05, 3.63) is 59.1 Å². The SMILES string of the molecule is Cc1cccc(NC(=O)[C@@H](C)Oc2cccc(Cl)c2)c1. The molecule has 0 aliphatic carbocycles. The fraction of sp³-hybridized carbons (Fsp3) is 0.188. The Morgan fingerprint density at radius 1 is 1.20 bits per heavy atom. The van der Waals surface area contributed by atoms with Crippen molar-refractivity contribution in [3.8, 4) is 5.75 Å². The number of halogens is 1. The average molecular weight is 290 g/mol. The van der Waals surface area contributed by atoms with Gasteiger partial charge < -0.3 is 10.1 Å². The van der Waals surface area contributed by atoms with Gasteiger partial charge in [0.25, 0.3) is 5.91 Å². The number of rotatable bonds is 4. The number of hydrogen-bond donors (Lipinski definition) is 1. The Morgan fingerprint density at radius 2 is 1.95 bits per heavy atom. The van der Waals surface area contributed by atoms with E-state index in [9.17, 15) is 4.79 Å². The smallest absolute Gasteiger partial charge is 0.265 e. The Bertz CT molecular complexity index is 613. The van der Waals surface area contributed by atoms with Crippen LogP contribution in [0.2, 0.25) is 5.02 Å². The van der Waals surface area contributed by atoms with Crippen LogP contribution < -0.4 is 10.1 Å². The second-order valence-corrected chi connectivity index (χ2v) is 5.01. The fourth-order valence-corrected chi connectivity index (χ4v) is 1.94. The second kappa shape index (κ2) is 6.44. The van der Waals surface area contributed by atoms with E-state index in [4.69, 9.17) is 16.3 Å². The molecule has 0 unspecified atom stereocenters. The highest BCUT2D eigenvalue weighted by atomic mass is 35.5. The number of ether oxygens (including phenoxy) is 1. The van der Waals surface area contributed by atoms with E-state index < -0.39 is 6.10 Å². The van der Waals surface area contributed by atoms with Crippen LogP contribution in [0.25, 0.3) is 0 Å². The van der Waals surface area contributed by atoms with Crippen molar-refractivity contribution in [1.82, 2.24) is 0 Å². The van der Waals surface area contributed by atoms with E-state index in [0.29, 0.717) is 10.8 Å². The van der Waals surface area contributed by atoms with Crippen LogP contribution in [0, 0.1) is 6.92 Å². The number of benzene rings is 2. The zero-order valence-electron chi connectivity index (χ0n) is 11.4. The van der Waals surface area contributed by atoms with E-state index in [1.807, 2.05) is 31.2 Å².